The number of fused-ring (bicyclic) bond motifs is 5. The van der Waals surface area contributed by atoms with Gasteiger partial charge in [-0.15, -0.1) is 0 Å². The van der Waals surface area contributed by atoms with Crippen LogP contribution in [0.25, 0.3) is 0 Å². The van der Waals surface area contributed by atoms with Gasteiger partial charge in [0.25, 0.3) is 5.91 Å². The summed E-state index contributed by atoms with van der Waals surface area (Å²) < 4.78 is 5.98. The van der Waals surface area contributed by atoms with Gasteiger partial charge in [0.2, 0.25) is 0 Å². The van der Waals surface area contributed by atoms with Crippen molar-refractivity contribution in [3.05, 3.63) is 63.7 Å². The van der Waals surface area contributed by atoms with Gasteiger partial charge in [-0.2, -0.15) is 0 Å². The van der Waals surface area contributed by atoms with Crippen molar-refractivity contribution in [2.24, 2.45) is 5.73 Å². The molecule has 0 fully saturated rings. The summed E-state index contributed by atoms with van der Waals surface area (Å²) in [6, 6.07) is 13.2. The van der Waals surface area contributed by atoms with E-state index in [4.69, 9.17) is 22.1 Å². The molecular formula is C23H27ClN2O2. The first-order chi connectivity index (χ1) is 13.3. The van der Waals surface area contributed by atoms with Gasteiger partial charge in [-0.25, -0.2) is 0 Å². The molecule has 0 saturated heterocycles. The molecule has 1 aliphatic heterocycles. The molecule has 0 spiro atoms. The molecule has 0 aromatic heterocycles. The van der Waals surface area contributed by atoms with Crippen LogP contribution in [0.2, 0.25) is 5.02 Å². The zero-order valence-electron chi connectivity index (χ0n) is 16.7. The molecule has 5 heteroatoms. The predicted molar refractivity (Wildman–Crippen MR) is 112 cm³/mol. The van der Waals surface area contributed by atoms with Crippen LogP contribution in [-0.2, 0) is 17.6 Å². The number of hydrogen-bond donors (Lipinski definition) is 1. The molecule has 4 rings (SSSR count). The van der Waals surface area contributed by atoms with Crippen molar-refractivity contribution in [2.45, 2.75) is 50.7 Å². The van der Waals surface area contributed by atoms with Gasteiger partial charge >= 0.3 is 0 Å². The first-order valence-corrected chi connectivity index (χ1v) is 10.2. The van der Waals surface area contributed by atoms with Crippen molar-refractivity contribution < 1.29 is 9.53 Å². The Bertz CT molecular complexity index is 925. The Morgan fingerprint density at radius 2 is 1.93 bits per heavy atom. The molecule has 0 bridgehead atoms. The lowest BCUT2D eigenvalue weighted by molar-refractivity contribution is -0.130. The number of ether oxygens (including phenoxy) is 1. The first-order valence-electron chi connectivity index (χ1n) is 9.87. The fourth-order valence-electron chi connectivity index (χ4n) is 4.57. The van der Waals surface area contributed by atoms with Gasteiger partial charge in [0.1, 0.15) is 5.75 Å². The molecule has 1 amide bonds. The van der Waals surface area contributed by atoms with Crippen LogP contribution in [0, 0.1) is 0 Å². The standard InChI is InChI=1S/C23H27ClN2O2/c1-23(2,22(25)27)28-20-13-17-15(12-18(20)24)10-11-26(3)19-9-8-14-6-4-5-7-16(14)21(17)19/h4-7,12-13,19,21H,8-11H2,1-3H3,(H2,25,27)/t19-,21+/m0/s1. The number of halogens is 1. The van der Waals surface area contributed by atoms with Gasteiger partial charge in [0.15, 0.2) is 5.60 Å². The van der Waals surface area contributed by atoms with Gasteiger partial charge in [-0.3, -0.25) is 4.79 Å². The van der Waals surface area contributed by atoms with Gasteiger partial charge in [0, 0.05) is 18.5 Å². The van der Waals surface area contributed by atoms with E-state index in [1.54, 1.807) is 13.8 Å². The average molecular weight is 399 g/mol. The van der Waals surface area contributed by atoms with Crippen molar-refractivity contribution in [3.63, 3.8) is 0 Å². The van der Waals surface area contributed by atoms with Crippen molar-refractivity contribution in [1.82, 2.24) is 4.90 Å². The first kappa shape index (κ1) is 19.3. The summed E-state index contributed by atoms with van der Waals surface area (Å²) in [5, 5.41) is 0.526. The minimum Gasteiger partial charge on any atom is -0.476 e. The predicted octanol–water partition coefficient (Wildman–Crippen LogP) is 3.92. The summed E-state index contributed by atoms with van der Waals surface area (Å²) in [6.45, 7) is 4.34. The number of benzene rings is 2. The second-order valence-electron chi connectivity index (χ2n) is 8.47. The molecule has 2 atom stereocenters. The fourth-order valence-corrected chi connectivity index (χ4v) is 4.80. The van der Waals surface area contributed by atoms with Crippen LogP contribution in [0.5, 0.6) is 5.75 Å². The highest BCUT2D eigenvalue weighted by Gasteiger charge is 2.37. The van der Waals surface area contributed by atoms with E-state index in [9.17, 15) is 4.79 Å². The van der Waals surface area contributed by atoms with E-state index in [1.165, 1.54) is 22.3 Å². The van der Waals surface area contributed by atoms with Crippen molar-refractivity contribution in [3.8, 4) is 5.75 Å². The number of primary amides is 1. The maximum Gasteiger partial charge on any atom is 0.261 e. The number of likely N-dealkylation sites (N-methyl/N-ethyl adjacent to an activating group) is 1. The third-order valence-corrected chi connectivity index (χ3v) is 6.57. The third-order valence-electron chi connectivity index (χ3n) is 6.27. The number of hydrogen-bond acceptors (Lipinski definition) is 3. The van der Waals surface area contributed by atoms with Crippen LogP contribution in [0.15, 0.2) is 36.4 Å². The van der Waals surface area contributed by atoms with Crippen LogP contribution < -0.4 is 10.5 Å². The number of carbonyl (C=O) groups is 1. The summed E-state index contributed by atoms with van der Waals surface area (Å²) in [6.07, 6.45) is 3.17. The van der Waals surface area contributed by atoms with Gasteiger partial charge < -0.3 is 15.4 Å². The monoisotopic (exact) mass is 398 g/mol. The Labute approximate surface area is 171 Å². The Balaban J connectivity index is 1.85. The second kappa shape index (κ2) is 7.09. The maximum absolute atomic E-state index is 11.8. The minimum atomic E-state index is -1.12. The molecule has 28 heavy (non-hydrogen) atoms. The van der Waals surface area contributed by atoms with Gasteiger partial charge in [0.05, 0.1) is 5.02 Å². The van der Waals surface area contributed by atoms with E-state index in [0.717, 1.165) is 25.8 Å². The molecule has 1 heterocycles. The number of amides is 1. The number of nitrogens with zero attached hydrogens (tertiary/aromatic N) is 1. The summed E-state index contributed by atoms with van der Waals surface area (Å²) >= 11 is 6.55. The van der Waals surface area contributed by atoms with Crippen molar-refractivity contribution in [1.29, 1.82) is 0 Å². The molecule has 2 aromatic rings. The highest BCUT2D eigenvalue weighted by molar-refractivity contribution is 6.32. The maximum atomic E-state index is 11.8. The van der Waals surface area contributed by atoms with Gasteiger partial charge in [-0.1, -0.05) is 35.9 Å². The van der Waals surface area contributed by atoms with Crippen LogP contribution in [-0.4, -0.2) is 36.0 Å². The van der Waals surface area contributed by atoms with E-state index in [0.29, 0.717) is 16.8 Å². The number of carbonyl (C=O) groups excluding carboxylic acids is 1. The lowest BCUT2D eigenvalue weighted by atomic mass is 9.74. The number of aryl methyl sites for hydroxylation is 1. The molecule has 0 unspecified atom stereocenters. The molecular weight excluding hydrogens is 372 g/mol. The van der Waals surface area contributed by atoms with Gasteiger partial charge in [-0.05, 0) is 74.5 Å². The summed E-state index contributed by atoms with van der Waals surface area (Å²) in [5.74, 6) is 0.276. The van der Waals surface area contributed by atoms with Crippen molar-refractivity contribution >= 4 is 17.5 Å². The highest BCUT2D eigenvalue weighted by atomic mass is 35.5. The Morgan fingerprint density at radius 3 is 2.68 bits per heavy atom. The highest BCUT2D eigenvalue weighted by Crippen LogP contribution is 2.45. The van der Waals surface area contributed by atoms with Crippen LogP contribution >= 0.6 is 11.6 Å². The largest absolute Gasteiger partial charge is 0.476 e. The summed E-state index contributed by atoms with van der Waals surface area (Å²) in [5.41, 5.74) is 9.69. The summed E-state index contributed by atoms with van der Waals surface area (Å²) in [7, 11) is 2.21. The minimum absolute atomic E-state index is 0.267. The van der Waals surface area contributed by atoms with Crippen LogP contribution in [0.1, 0.15) is 48.4 Å². The van der Waals surface area contributed by atoms with Crippen LogP contribution in [0.3, 0.4) is 0 Å². The molecule has 4 nitrogen and oxygen atoms in total. The molecule has 2 aliphatic rings. The van der Waals surface area contributed by atoms with Crippen LogP contribution in [0.4, 0.5) is 0 Å². The quantitative estimate of drug-likeness (QED) is 0.852. The van der Waals surface area contributed by atoms with Crippen molar-refractivity contribution in [2.75, 3.05) is 13.6 Å². The molecule has 2 N–H and O–H groups in total. The normalized spacial score (nSPS) is 21.9. The molecule has 2 aromatic carbocycles. The average Bonchev–Trinajstić information content (AvgIpc) is 2.79. The van der Waals surface area contributed by atoms with E-state index in [1.807, 2.05) is 12.1 Å². The molecule has 1 aliphatic carbocycles. The lowest BCUT2D eigenvalue weighted by Crippen LogP contribution is -2.43. The zero-order valence-corrected chi connectivity index (χ0v) is 17.4. The topological polar surface area (TPSA) is 55.6 Å². The second-order valence-corrected chi connectivity index (χ2v) is 8.88. The molecule has 0 saturated carbocycles. The Kier molecular flexibility index (Phi) is 4.88. The smallest absolute Gasteiger partial charge is 0.261 e. The zero-order chi connectivity index (χ0) is 20.1. The van der Waals surface area contributed by atoms with E-state index in [-0.39, 0.29) is 5.92 Å². The fraction of sp³-hybridized carbons (Fsp3) is 0.435. The summed E-state index contributed by atoms with van der Waals surface area (Å²) in [4.78, 5) is 14.2. The lowest BCUT2D eigenvalue weighted by Gasteiger charge is -2.38. The third kappa shape index (κ3) is 3.29. The number of nitrogens with two attached hydrogens (primary N) is 1. The molecule has 148 valence electrons. The van der Waals surface area contributed by atoms with E-state index >= 15 is 0 Å². The Hall–Kier alpha value is -2.04. The van der Waals surface area contributed by atoms with E-state index in [2.05, 4.69) is 36.2 Å². The Morgan fingerprint density at radius 1 is 1.18 bits per heavy atom. The SMILES string of the molecule is CN1CCc2cc(Cl)c(OC(C)(C)C(N)=O)cc2[C@H]2c3ccccc3CC[C@@H]21. The molecule has 0 radical (unpaired) electrons. The number of rotatable bonds is 3. The van der Waals surface area contributed by atoms with E-state index < -0.39 is 11.5 Å².